The highest BCUT2D eigenvalue weighted by atomic mass is 35.5. The van der Waals surface area contributed by atoms with Crippen molar-refractivity contribution in [2.75, 3.05) is 6.61 Å². The number of aliphatic hydroxyl groups excluding tert-OH is 1. The van der Waals surface area contributed by atoms with Crippen molar-refractivity contribution in [2.45, 2.75) is 26.5 Å². The van der Waals surface area contributed by atoms with Gasteiger partial charge in [-0.2, -0.15) is 5.10 Å². The molecule has 0 bridgehead atoms. The summed E-state index contributed by atoms with van der Waals surface area (Å²) < 4.78 is 6.95. The van der Waals surface area contributed by atoms with E-state index in [9.17, 15) is 9.90 Å². The number of aliphatic hydroxyl groups is 1. The summed E-state index contributed by atoms with van der Waals surface area (Å²) in [6.07, 6.45) is -0.909. The maximum Gasteiger partial charge on any atom is 0.274 e. The van der Waals surface area contributed by atoms with Crippen LogP contribution in [-0.4, -0.2) is 27.6 Å². The van der Waals surface area contributed by atoms with E-state index in [1.54, 1.807) is 30.3 Å². The average molecular weight is 435 g/mol. The Morgan fingerprint density at radius 2 is 1.74 bits per heavy atom. The smallest absolute Gasteiger partial charge is 0.274 e. The van der Waals surface area contributed by atoms with Gasteiger partial charge in [0.1, 0.15) is 18.5 Å². The molecule has 0 aliphatic rings. The first kappa shape index (κ1) is 21.1. The molecule has 0 aliphatic carbocycles. The molecular weight excluding hydrogens is 412 g/mol. The van der Waals surface area contributed by atoms with Gasteiger partial charge in [-0.3, -0.25) is 4.79 Å². The van der Waals surface area contributed by atoms with Crippen LogP contribution in [0.1, 0.15) is 11.1 Å². The van der Waals surface area contributed by atoms with Crippen molar-refractivity contribution >= 4 is 22.4 Å². The minimum atomic E-state index is -0.909. The standard InChI is InChI=1S/C25H23ClN2O3/c1-16-7-8-17(2)23(13-16)24-21-5-3-4-6-22(21)25(30)28(27-24)14-19(29)15-31-20-11-9-18(26)10-12-20/h3-13,19,29H,14-15H2,1-2H3. The number of nitrogens with zero attached hydrogens (tertiary/aromatic N) is 2. The Hall–Kier alpha value is -3.15. The molecule has 1 unspecified atom stereocenters. The monoisotopic (exact) mass is 434 g/mol. The third-order valence-corrected chi connectivity index (χ3v) is 5.41. The van der Waals surface area contributed by atoms with Gasteiger partial charge in [-0.05, 0) is 55.8 Å². The fraction of sp³-hybridized carbons (Fsp3) is 0.200. The molecule has 6 heteroatoms. The van der Waals surface area contributed by atoms with Crippen LogP contribution in [-0.2, 0) is 6.54 Å². The third-order valence-electron chi connectivity index (χ3n) is 5.16. The number of aryl methyl sites for hydroxylation is 2. The van der Waals surface area contributed by atoms with Crippen molar-refractivity contribution in [2.24, 2.45) is 0 Å². The summed E-state index contributed by atoms with van der Waals surface area (Å²) in [5.41, 5.74) is 3.63. The predicted molar refractivity (Wildman–Crippen MR) is 124 cm³/mol. The fourth-order valence-corrected chi connectivity index (χ4v) is 3.65. The van der Waals surface area contributed by atoms with Crippen LogP contribution in [0.2, 0.25) is 5.02 Å². The Morgan fingerprint density at radius 3 is 2.48 bits per heavy atom. The zero-order valence-electron chi connectivity index (χ0n) is 17.4. The van der Waals surface area contributed by atoms with Gasteiger partial charge in [-0.1, -0.05) is 47.5 Å². The molecule has 0 radical (unpaired) electrons. The lowest BCUT2D eigenvalue weighted by Gasteiger charge is -2.16. The molecule has 1 N–H and O–H groups in total. The van der Waals surface area contributed by atoms with Crippen molar-refractivity contribution < 1.29 is 9.84 Å². The molecule has 1 heterocycles. The summed E-state index contributed by atoms with van der Waals surface area (Å²) in [6.45, 7) is 4.10. The maximum absolute atomic E-state index is 13.0. The molecule has 3 aromatic carbocycles. The zero-order valence-corrected chi connectivity index (χ0v) is 18.1. The molecule has 0 aliphatic heterocycles. The number of hydrogen-bond donors (Lipinski definition) is 1. The van der Waals surface area contributed by atoms with E-state index in [-0.39, 0.29) is 18.7 Å². The molecule has 31 heavy (non-hydrogen) atoms. The Labute approximate surface area is 185 Å². The lowest BCUT2D eigenvalue weighted by Crippen LogP contribution is -2.32. The Morgan fingerprint density at radius 1 is 1.03 bits per heavy atom. The van der Waals surface area contributed by atoms with Crippen LogP contribution in [0.15, 0.2) is 71.5 Å². The van der Waals surface area contributed by atoms with Crippen LogP contribution < -0.4 is 10.3 Å². The SMILES string of the molecule is Cc1ccc(C)c(-c2nn(CC(O)COc3ccc(Cl)cc3)c(=O)c3ccccc23)c1. The molecule has 1 atom stereocenters. The second kappa shape index (κ2) is 8.92. The van der Waals surface area contributed by atoms with Crippen LogP contribution in [0.5, 0.6) is 5.75 Å². The van der Waals surface area contributed by atoms with Crippen molar-refractivity contribution in [3.05, 3.63) is 93.2 Å². The first-order chi connectivity index (χ1) is 14.9. The van der Waals surface area contributed by atoms with Crippen LogP contribution in [0.4, 0.5) is 0 Å². The Bertz CT molecular complexity index is 1280. The summed E-state index contributed by atoms with van der Waals surface area (Å²) >= 11 is 5.88. The van der Waals surface area contributed by atoms with E-state index in [1.807, 2.05) is 38.1 Å². The van der Waals surface area contributed by atoms with E-state index in [4.69, 9.17) is 16.3 Å². The minimum Gasteiger partial charge on any atom is -0.491 e. The fourth-order valence-electron chi connectivity index (χ4n) is 3.52. The number of aromatic nitrogens is 2. The molecule has 4 aromatic rings. The minimum absolute atomic E-state index is 0.0229. The van der Waals surface area contributed by atoms with Gasteiger partial charge in [0.15, 0.2) is 0 Å². The summed E-state index contributed by atoms with van der Waals surface area (Å²) in [6, 6.07) is 20.5. The number of hydrogen-bond acceptors (Lipinski definition) is 4. The largest absolute Gasteiger partial charge is 0.491 e. The topological polar surface area (TPSA) is 64.3 Å². The summed E-state index contributed by atoms with van der Waals surface area (Å²) in [4.78, 5) is 13.0. The summed E-state index contributed by atoms with van der Waals surface area (Å²) in [5.74, 6) is 0.596. The number of fused-ring (bicyclic) bond motifs is 1. The number of benzene rings is 3. The van der Waals surface area contributed by atoms with Crippen molar-refractivity contribution in [1.29, 1.82) is 0 Å². The van der Waals surface area contributed by atoms with Gasteiger partial charge in [-0.25, -0.2) is 4.68 Å². The quantitative estimate of drug-likeness (QED) is 0.474. The first-order valence-electron chi connectivity index (χ1n) is 10.1. The molecular formula is C25H23ClN2O3. The number of halogens is 1. The van der Waals surface area contributed by atoms with Crippen molar-refractivity contribution in [3.8, 4) is 17.0 Å². The molecule has 158 valence electrons. The second-order valence-electron chi connectivity index (χ2n) is 7.62. The van der Waals surface area contributed by atoms with Gasteiger partial charge in [0.05, 0.1) is 17.6 Å². The van der Waals surface area contributed by atoms with Gasteiger partial charge < -0.3 is 9.84 Å². The summed E-state index contributed by atoms with van der Waals surface area (Å²) in [5, 5.41) is 17.1. The van der Waals surface area contributed by atoms with Gasteiger partial charge in [0.25, 0.3) is 5.56 Å². The zero-order chi connectivity index (χ0) is 22.0. The molecule has 5 nitrogen and oxygen atoms in total. The summed E-state index contributed by atoms with van der Waals surface area (Å²) in [7, 11) is 0. The van der Waals surface area contributed by atoms with Gasteiger partial charge in [-0.15, -0.1) is 0 Å². The highest BCUT2D eigenvalue weighted by Crippen LogP contribution is 2.28. The van der Waals surface area contributed by atoms with Crippen molar-refractivity contribution in [3.63, 3.8) is 0 Å². The molecule has 4 rings (SSSR count). The van der Waals surface area contributed by atoms with E-state index >= 15 is 0 Å². The van der Waals surface area contributed by atoms with E-state index < -0.39 is 6.10 Å². The van der Waals surface area contributed by atoms with Crippen molar-refractivity contribution in [1.82, 2.24) is 9.78 Å². The second-order valence-corrected chi connectivity index (χ2v) is 8.06. The third kappa shape index (κ3) is 4.63. The molecule has 0 spiro atoms. The van der Waals surface area contributed by atoms with Crippen LogP contribution in [0.3, 0.4) is 0 Å². The normalized spacial score (nSPS) is 12.1. The molecule has 0 saturated carbocycles. The maximum atomic E-state index is 13.0. The molecule has 0 fully saturated rings. The van der Waals surface area contributed by atoms with E-state index in [0.29, 0.717) is 16.2 Å². The van der Waals surface area contributed by atoms with Crippen LogP contribution in [0, 0.1) is 13.8 Å². The average Bonchev–Trinajstić information content (AvgIpc) is 2.77. The van der Waals surface area contributed by atoms with Gasteiger partial charge in [0, 0.05) is 16.0 Å². The Balaban J connectivity index is 1.68. The molecule has 1 aromatic heterocycles. The van der Waals surface area contributed by atoms with E-state index in [0.717, 1.165) is 27.8 Å². The Kier molecular flexibility index (Phi) is 6.07. The predicted octanol–water partition coefficient (Wildman–Crippen LogP) is 4.77. The highest BCUT2D eigenvalue weighted by molar-refractivity contribution is 6.30. The van der Waals surface area contributed by atoms with Gasteiger partial charge in [0.2, 0.25) is 0 Å². The molecule has 0 saturated heterocycles. The highest BCUT2D eigenvalue weighted by Gasteiger charge is 2.16. The van der Waals surface area contributed by atoms with E-state index in [2.05, 4.69) is 17.2 Å². The lowest BCUT2D eigenvalue weighted by atomic mass is 9.99. The van der Waals surface area contributed by atoms with E-state index in [1.165, 1.54) is 4.68 Å². The number of rotatable bonds is 6. The first-order valence-corrected chi connectivity index (χ1v) is 10.4. The molecule has 0 amide bonds. The van der Waals surface area contributed by atoms with Crippen LogP contribution in [0.25, 0.3) is 22.0 Å². The lowest BCUT2D eigenvalue weighted by molar-refractivity contribution is 0.0882. The number of ether oxygens (including phenoxy) is 1. The van der Waals surface area contributed by atoms with Crippen LogP contribution >= 0.6 is 11.6 Å². The van der Waals surface area contributed by atoms with Gasteiger partial charge >= 0.3 is 0 Å².